The van der Waals surface area contributed by atoms with Crippen LogP contribution in [0.2, 0.25) is 10.0 Å². The summed E-state index contributed by atoms with van der Waals surface area (Å²) in [5, 5.41) is 6.76. The van der Waals surface area contributed by atoms with Gasteiger partial charge in [0.2, 0.25) is 0 Å². The molecule has 1 saturated carbocycles. The molecular formula is C26H22Cl2N2O6. The van der Waals surface area contributed by atoms with Crippen molar-refractivity contribution in [2.24, 2.45) is 11.0 Å². The lowest BCUT2D eigenvalue weighted by Gasteiger charge is -2.27. The summed E-state index contributed by atoms with van der Waals surface area (Å²) < 4.78 is 21.7. The molecule has 10 heteroatoms. The fourth-order valence-corrected chi connectivity index (χ4v) is 4.93. The minimum atomic E-state index is -0.716. The van der Waals surface area contributed by atoms with Crippen molar-refractivity contribution in [1.82, 2.24) is 5.01 Å². The summed E-state index contributed by atoms with van der Waals surface area (Å²) in [4.78, 5) is 25.4. The minimum Gasteiger partial charge on any atom is -0.480 e. The third kappa shape index (κ3) is 5.20. The van der Waals surface area contributed by atoms with Crippen molar-refractivity contribution in [3.63, 3.8) is 0 Å². The minimum absolute atomic E-state index is 0.0406. The van der Waals surface area contributed by atoms with Crippen LogP contribution in [-0.4, -0.2) is 35.8 Å². The third-order valence-electron chi connectivity index (χ3n) is 6.05. The molecule has 0 saturated heterocycles. The summed E-state index contributed by atoms with van der Waals surface area (Å²) in [6, 6.07) is 11.5. The van der Waals surface area contributed by atoms with Crippen molar-refractivity contribution in [2.45, 2.75) is 25.3 Å². The molecule has 1 aliphatic heterocycles. The first-order valence-electron chi connectivity index (χ1n) is 11.4. The van der Waals surface area contributed by atoms with Crippen LogP contribution in [0.1, 0.15) is 36.8 Å². The number of amides is 1. The monoisotopic (exact) mass is 528 g/mol. The van der Waals surface area contributed by atoms with Crippen molar-refractivity contribution in [3.8, 4) is 5.75 Å². The summed E-state index contributed by atoms with van der Waals surface area (Å²) in [7, 11) is 0. The third-order valence-corrected chi connectivity index (χ3v) is 6.58. The molecule has 1 fully saturated rings. The Morgan fingerprint density at radius 1 is 1.11 bits per heavy atom. The Kier molecular flexibility index (Phi) is 7.16. The molecule has 1 aliphatic carbocycles. The van der Waals surface area contributed by atoms with Crippen LogP contribution in [0.15, 0.2) is 74.5 Å². The van der Waals surface area contributed by atoms with E-state index in [-0.39, 0.29) is 16.7 Å². The van der Waals surface area contributed by atoms with Gasteiger partial charge in [0.25, 0.3) is 5.91 Å². The molecule has 8 nitrogen and oxygen atoms in total. The van der Waals surface area contributed by atoms with Crippen LogP contribution in [0, 0.1) is 5.92 Å². The van der Waals surface area contributed by atoms with Gasteiger partial charge in [-0.05, 0) is 73.4 Å². The Hall–Kier alpha value is -3.49. The van der Waals surface area contributed by atoms with Gasteiger partial charge in [-0.25, -0.2) is 9.80 Å². The molecule has 0 N–H and O–H groups in total. The lowest BCUT2D eigenvalue weighted by atomic mass is 9.79. The number of halogens is 2. The number of carbonyl (C=O) groups is 2. The molecule has 2 aromatic heterocycles. The quantitative estimate of drug-likeness (QED) is 0.353. The van der Waals surface area contributed by atoms with Crippen molar-refractivity contribution in [3.05, 3.63) is 82.1 Å². The highest BCUT2D eigenvalue weighted by Crippen LogP contribution is 2.44. The lowest BCUT2D eigenvalue weighted by molar-refractivity contribution is -0.154. The summed E-state index contributed by atoms with van der Waals surface area (Å²) in [6.45, 7) is -0.905. The van der Waals surface area contributed by atoms with E-state index in [4.69, 9.17) is 41.5 Å². The number of nitrogens with zero attached hydrogens (tertiary/aromatic N) is 2. The standard InChI is InChI=1S/C26H22Cl2N2O6/c27-17-8-9-21(20(28)13-17)35-15-24(32)36-14-23(31)30-26(22-7-3-11-34-22)19-6-1-4-16(25(19)29-30)12-18-5-2-10-33-18/h2-3,5,7-13,19,26H,1,4,6,14-15H2. The fourth-order valence-electron chi connectivity index (χ4n) is 4.47. The molecule has 0 radical (unpaired) electrons. The van der Waals surface area contributed by atoms with Gasteiger partial charge in [-0.1, -0.05) is 23.2 Å². The van der Waals surface area contributed by atoms with E-state index < -0.39 is 31.1 Å². The first-order chi connectivity index (χ1) is 17.5. The molecule has 0 bridgehead atoms. The number of ether oxygens (including phenoxy) is 2. The van der Waals surface area contributed by atoms with Crippen molar-refractivity contribution in [2.75, 3.05) is 13.2 Å². The summed E-state index contributed by atoms with van der Waals surface area (Å²) in [5.74, 6) is 0.412. The molecule has 2 atom stereocenters. The van der Waals surface area contributed by atoms with Gasteiger partial charge in [-0.3, -0.25) is 4.79 Å². The molecule has 0 spiro atoms. The molecule has 5 rings (SSSR count). The Morgan fingerprint density at radius 2 is 1.94 bits per heavy atom. The first-order valence-corrected chi connectivity index (χ1v) is 12.2. The number of rotatable bonds is 7. The van der Waals surface area contributed by atoms with Crippen LogP contribution in [-0.2, 0) is 14.3 Å². The van der Waals surface area contributed by atoms with Gasteiger partial charge in [-0.15, -0.1) is 0 Å². The van der Waals surface area contributed by atoms with Crippen LogP contribution in [0.5, 0.6) is 5.75 Å². The van der Waals surface area contributed by atoms with E-state index in [9.17, 15) is 9.59 Å². The average molecular weight is 529 g/mol. The zero-order valence-corrected chi connectivity index (χ0v) is 20.6. The van der Waals surface area contributed by atoms with Crippen LogP contribution in [0.25, 0.3) is 6.08 Å². The van der Waals surface area contributed by atoms with Gasteiger partial charge in [0.15, 0.2) is 13.2 Å². The van der Waals surface area contributed by atoms with Crippen LogP contribution < -0.4 is 4.74 Å². The summed E-state index contributed by atoms with van der Waals surface area (Å²) >= 11 is 11.9. The molecule has 1 aromatic carbocycles. The molecule has 1 amide bonds. The Balaban J connectivity index is 1.28. The number of carbonyl (C=O) groups excluding carboxylic acids is 2. The first kappa shape index (κ1) is 24.2. The van der Waals surface area contributed by atoms with Crippen molar-refractivity contribution < 1.29 is 27.9 Å². The number of hydrogen-bond donors (Lipinski definition) is 0. The molecule has 186 valence electrons. The predicted molar refractivity (Wildman–Crippen MR) is 133 cm³/mol. The van der Waals surface area contributed by atoms with Gasteiger partial charge in [-0.2, -0.15) is 5.10 Å². The highest BCUT2D eigenvalue weighted by Gasteiger charge is 2.45. The maximum Gasteiger partial charge on any atom is 0.344 e. The van der Waals surface area contributed by atoms with Gasteiger partial charge in [0.05, 0.1) is 23.3 Å². The Labute approximate surface area is 217 Å². The van der Waals surface area contributed by atoms with E-state index >= 15 is 0 Å². The second-order valence-corrected chi connectivity index (χ2v) is 9.24. The van der Waals surface area contributed by atoms with Gasteiger partial charge in [0.1, 0.15) is 23.3 Å². The number of fused-ring (bicyclic) bond motifs is 1. The highest BCUT2D eigenvalue weighted by molar-refractivity contribution is 6.35. The smallest absolute Gasteiger partial charge is 0.344 e. The summed E-state index contributed by atoms with van der Waals surface area (Å²) in [5.41, 5.74) is 1.83. The number of furan rings is 2. The lowest BCUT2D eigenvalue weighted by Crippen LogP contribution is -2.34. The number of hydrazone groups is 1. The van der Waals surface area contributed by atoms with E-state index in [2.05, 4.69) is 5.10 Å². The van der Waals surface area contributed by atoms with Crippen molar-refractivity contribution in [1.29, 1.82) is 0 Å². The number of benzene rings is 1. The van der Waals surface area contributed by atoms with Crippen LogP contribution in [0.4, 0.5) is 0 Å². The molecule has 3 aromatic rings. The molecule has 3 heterocycles. The number of allylic oxidation sites excluding steroid dienone is 1. The molecule has 2 aliphatic rings. The zero-order chi connectivity index (χ0) is 25.1. The normalized spacial score (nSPS) is 20.2. The average Bonchev–Trinajstić information content (AvgIpc) is 3.63. The highest BCUT2D eigenvalue weighted by atomic mass is 35.5. The fraction of sp³-hybridized carbons (Fsp3) is 0.269. The van der Waals surface area contributed by atoms with E-state index in [1.807, 2.05) is 24.3 Å². The van der Waals surface area contributed by atoms with Gasteiger partial charge < -0.3 is 18.3 Å². The van der Waals surface area contributed by atoms with E-state index in [0.717, 1.165) is 36.3 Å². The van der Waals surface area contributed by atoms with E-state index in [0.29, 0.717) is 10.8 Å². The van der Waals surface area contributed by atoms with Crippen LogP contribution in [0.3, 0.4) is 0 Å². The SMILES string of the molecule is O=C(COc1ccc(Cl)cc1Cl)OCC(=O)N1N=C2C(=Cc3ccco3)CCCC2C1c1ccco1. The van der Waals surface area contributed by atoms with Crippen LogP contribution >= 0.6 is 23.2 Å². The molecule has 2 unspecified atom stereocenters. The number of hydrogen-bond acceptors (Lipinski definition) is 7. The topological polar surface area (TPSA) is 94.5 Å². The maximum atomic E-state index is 13.2. The molecule has 36 heavy (non-hydrogen) atoms. The Bertz CT molecular complexity index is 1300. The van der Waals surface area contributed by atoms with Crippen molar-refractivity contribution >= 4 is 46.9 Å². The van der Waals surface area contributed by atoms with E-state index in [1.54, 1.807) is 30.7 Å². The second kappa shape index (κ2) is 10.6. The maximum absolute atomic E-state index is 13.2. The second-order valence-electron chi connectivity index (χ2n) is 8.39. The zero-order valence-electron chi connectivity index (χ0n) is 19.1. The number of esters is 1. The van der Waals surface area contributed by atoms with Gasteiger partial charge in [0, 0.05) is 10.9 Å². The summed E-state index contributed by atoms with van der Waals surface area (Å²) in [6.07, 6.45) is 7.75. The molecular weight excluding hydrogens is 507 g/mol. The predicted octanol–water partition coefficient (Wildman–Crippen LogP) is 5.92. The Morgan fingerprint density at radius 3 is 2.69 bits per heavy atom. The largest absolute Gasteiger partial charge is 0.480 e. The van der Waals surface area contributed by atoms with E-state index in [1.165, 1.54) is 11.1 Å². The van der Waals surface area contributed by atoms with Gasteiger partial charge >= 0.3 is 5.97 Å².